The molecule has 1 N–H and O–H groups in total. The summed E-state index contributed by atoms with van der Waals surface area (Å²) in [6.07, 6.45) is 0. The van der Waals surface area contributed by atoms with Crippen molar-refractivity contribution in [2.45, 2.75) is 6.92 Å². The summed E-state index contributed by atoms with van der Waals surface area (Å²) < 4.78 is 2.38. The highest BCUT2D eigenvalue weighted by atomic mass is 79.9. The Kier molecular flexibility index (Phi) is 5.30. The number of nitrogens with zero attached hydrogens (tertiary/aromatic N) is 3. The molecule has 1 amide bonds. The van der Waals surface area contributed by atoms with Gasteiger partial charge in [0.1, 0.15) is 5.82 Å². The van der Waals surface area contributed by atoms with Crippen LogP contribution in [0.4, 0.5) is 5.82 Å². The minimum atomic E-state index is -0.219. The number of thiazole rings is 1. The normalized spacial score (nSPS) is 10.8. The van der Waals surface area contributed by atoms with Crippen LogP contribution >= 0.6 is 38.9 Å². The zero-order valence-corrected chi connectivity index (χ0v) is 17.8. The number of hydrogen-bond acceptors (Lipinski definition) is 4. The SMILES string of the molecule is Cc1cc(NC(=O)c2ccccc2Br)n(-c2nc(-c3ccc(Cl)cc3)cs2)n1. The molecular formula is C20H14BrClN4OS. The van der Waals surface area contributed by atoms with Crippen molar-refractivity contribution in [3.05, 3.63) is 80.7 Å². The second-order valence-corrected chi connectivity index (χ2v) is 8.17. The molecule has 2 heterocycles. The molecule has 0 unspecified atom stereocenters. The molecule has 4 aromatic rings. The number of rotatable bonds is 4. The number of hydrogen-bond donors (Lipinski definition) is 1. The smallest absolute Gasteiger partial charge is 0.257 e. The van der Waals surface area contributed by atoms with Gasteiger partial charge in [-0.25, -0.2) is 4.98 Å². The van der Waals surface area contributed by atoms with Crippen LogP contribution in [0.3, 0.4) is 0 Å². The standard InChI is InChI=1S/C20H14BrClN4OS/c1-12-10-18(24-19(27)15-4-2-3-5-16(15)21)26(25-12)20-23-17(11-28-20)13-6-8-14(22)9-7-13/h2-11H,1H3,(H,24,27). The average Bonchev–Trinajstić information content (AvgIpc) is 3.29. The van der Waals surface area contributed by atoms with E-state index in [-0.39, 0.29) is 5.91 Å². The molecule has 8 heteroatoms. The number of benzene rings is 2. The average molecular weight is 474 g/mol. The molecule has 2 aromatic carbocycles. The minimum absolute atomic E-state index is 0.219. The van der Waals surface area contributed by atoms with Crippen LogP contribution in [0.5, 0.6) is 0 Å². The van der Waals surface area contributed by atoms with Crippen molar-refractivity contribution in [1.82, 2.24) is 14.8 Å². The second-order valence-electron chi connectivity index (χ2n) is 6.04. The molecule has 140 valence electrons. The van der Waals surface area contributed by atoms with Gasteiger partial charge in [0.05, 0.1) is 17.0 Å². The van der Waals surface area contributed by atoms with Crippen LogP contribution in [0.2, 0.25) is 5.02 Å². The van der Waals surface area contributed by atoms with E-state index in [1.165, 1.54) is 11.3 Å². The van der Waals surface area contributed by atoms with Gasteiger partial charge < -0.3 is 5.32 Å². The summed E-state index contributed by atoms with van der Waals surface area (Å²) in [5.74, 6) is 0.346. The maximum atomic E-state index is 12.7. The summed E-state index contributed by atoms with van der Waals surface area (Å²) in [6, 6.07) is 16.6. The van der Waals surface area contributed by atoms with Crippen LogP contribution in [0.25, 0.3) is 16.4 Å². The van der Waals surface area contributed by atoms with Gasteiger partial charge in [-0.1, -0.05) is 35.9 Å². The molecular weight excluding hydrogens is 460 g/mol. The van der Waals surface area contributed by atoms with Crippen molar-refractivity contribution < 1.29 is 4.79 Å². The monoisotopic (exact) mass is 472 g/mol. The van der Waals surface area contributed by atoms with Crippen LogP contribution in [-0.2, 0) is 0 Å². The van der Waals surface area contributed by atoms with Gasteiger partial charge in [-0.3, -0.25) is 4.79 Å². The van der Waals surface area contributed by atoms with Crippen molar-refractivity contribution in [1.29, 1.82) is 0 Å². The maximum absolute atomic E-state index is 12.7. The first-order valence-corrected chi connectivity index (χ1v) is 10.4. The van der Waals surface area contributed by atoms with E-state index in [1.54, 1.807) is 10.7 Å². The van der Waals surface area contributed by atoms with Gasteiger partial charge in [-0.2, -0.15) is 9.78 Å². The fourth-order valence-electron chi connectivity index (χ4n) is 2.68. The lowest BCUT2D eigenvalue weighted by molar-refractivity contribution is 0.102. The zero-order chi connectivity index (χ0) is 19.7. The number of anilines is 1. The molecule has 5 nitrogen and oxygen atoms in total. The highest BCUT2D eigenvalue weighted by molar-refractivity contribution is 9.10. The molecule has 0 fully saturated rings. The molecule has 28 heavy (non-hydrogen) atoms. The summed E-state index contributed by atoms with van der Waals surface area (Å²) in [4.78, 5) is 17.3. The third-order valence-corrected chi connectivity index (χ3v) is 5.76. The first kappa shape index (κ1) is 18.9. The van der Waals surface area contributed by atoms with E-state index in [1.807, 2.05) is 60.8 Å². The first-order valence-electron chi connectivity index (χ1n) is 8.35. The van der Waals surface area contributed by atoms with Crippen LogP contribution in [-0.4, -0.2) is 20.7 Å². The Labute approximate surface area is 179 Å². The van der Waals surface area contributed by atoms with E-state index in [0.717, 1.165) is 21.4 Å². The molecule has 0 aliphatic rings. The summed E-state index contributed by atoms with van der Waals surface area (Å²) in [7, 11) is 0. The van der Waals surface area contributed by atoms with Gasteiger partial charge >= 0.3 is 0 Å². The number of amides is 1. The van der Waals surface area contributed by atoms with Gasteiger partial charge in [0, 0.05) is 26.5 Å². The molecule has 0 atom stereocenters. The third kappa shape index (κ3) is 3.87. The lowest BCUT2D eigenvalue weighted by Gasteiger charge is -2.07. The fourth-order valence-corrected chi connectivity index (χ4v) is 4.06. The molecule has 0 saturated carbocycles. The van der Waals surface area contributed by atoms with Crippen molar-refractivity contribution in [2.24, 2.45) is 0 Å². The molecule has 0 aliphatic carbocycles. The molecule has 0 aliphatic heterocycles. The summed E-state index contributed by atoms with van der Waals surface area (Å²) in [6.45, 7) is 1.87. The highest BCUT2D eigenvalue weighted by Crippen LogP contribution is 2.27. The van der Waals surface area contributed by atoms with Gasteiger partial charge in [-0.15, -0.1) is 11.3 Å². The molecule has 0 bridgehead atoms. The number of aryl methyl sites for hydroxylation is 1. The summed E-state index contributed by atoms with van der Waals surface area (Å²) >= 11 is 10.8. The molecule has 0 saturated heterocycles. The predicted octanol–water partition coefficient (Wildman–Crippen LogP) is 5.97. The number of halogens is 2. The van der Waals surface area contributed by atoms with E-state index in [4.69, 9.17) is 11.6 Å². The van der Waals surface area contributed by atoms with Crippen LogP contribution < -0.4 is 5.32 Å². The van der Waals surface area contributed by atoms with Gasteiger partial charge in [-0.05, 0) is 47.1 Å². The fraction of sp³-hybridized carbons (Fsp3) is 0.0500. The molecule has 2 aromatic heterocycles. The van der Waals surface area contributed by atoms with Gasteiger partial charge in [0.2, 0.25) is 5.13 Å². The Morgan fingerprint density at radius 1 is 1.18 bits per heavy atom. The molecule has 4 rings (SSSR count). The summed E-state index contributed by atoms with van der Waals surface area (Å²) in [5.41, 5.74) is 3.13. The Balaban J connectivity index is 1.64. The van der Waals surface area contributed by atoms with Crippen molar-refractivity contribution in [2.75, 3.05) is 5.32 Å². The van der Waals surface area contributed by atoms with E-state index >= 15 is 0 Å². The Morgan fingerprint density at radius 3 is 2.68 bits per heavy atom. The quantitative estimate of drug-likeness (QED) is 0.397. The topological polar surface area (TPSA) is 59.8 Å². The first-order chi connectivity index (χ1) is 13.5. The largest absolute Gasteiger partial charge is 0.306 e. The van der Waals surface area contributed by atoms with Crippen LogP contribution in [0, 0.1) is 6.92 Å². The van der Waals surface area contributed by atoms with Crippen LogP contribution in [0.1, 0.15) is 16.1 Å². The number of nitrogens with one attached hydrogen (secondary N) is 1. The van der Waals surface area contributed by atoms with Gasteiger partial charge in [0.25, 0.3) is 5.91 Å². The minimum Gasteiger partial charge on any atom is -0.306 e. The Hall–Kier alpha value is -2.48. The maximum Gasteiger partial charge on any atom is 0.257 e. The van der Waals surface area contributed by atoms with Crippen molar-refractivity contribution in [3.8, 4) is 16.4 Å². The summed E-state index contributed by atoms with van der Waals surface area (Å²) in [5, 5.41) is 10.7. The third-order valence-electron chi connectivity index (χ3n) is 4.00. The zero-order valence-electron chi connectivity index (χ0n) is 14.7. The van der Waals surface area contributed by atoms with Crippen molar-refractivity contribution in [3.63, 3.8) is 0 Å². The lowest BCUT2D eigenvalue weighted by Crippen LogP contribution is -2.15. The van der Waals surface area contributed by atoms with E-state index in [9.17, 15) is 4.79 Å². The van der Waals surface area contributed by atoms with E-state index < -0.39 is 0 Å². The number of aromatic nitrogens is 3. The molecule has 0 spiro atoms. The lowest BCUT2D eigenvalue weighted by atomic mass is 10.2. The van der Waals surface area contributed by atoms with E-state index in [2.05, 4.69) is 31.3 Å². The number of carbonyl (C=O) groups is 1. The second kappa shape index (κ2) is 7.87. The number of carbonyl (C=O) groups excluding carboxylic acids is 1. The Bertz CT molecular complexity index is 1150. The van der Waals surface area contributed by atoms with Gasteiger partial charge in [0.15, 0.2) is 0 Å². The predicted molar refractivity (Wildman–Crippen MR) is 117 cm³/mol. The van der Waals surface area contributed by atoms with E-state index in [0.29, 0.717) is 21.5 Å². The highest BCUT2D eigenvalue weighted by Gasteiger charge is 2.16. The van der Waals surface area contributed by atoms with Crippen molar-refractivity contribution >= 4 is 50.6 Å². The van der Waals surface area contributed by atoms with Crippen LogP contribution in [0.15, 0.2) is 64.5 Å². The molecule has 0 radical (unpaired) electrons. The Morgan fingerprint density at radius 2 is 1.93 bits per heavy atom.